The lowest BCUT2D eigenvalue weighted by molar-refractivity contribution is -0.147. The van der Waals surface area contributed by atoms with E-state index in [0.29, 0.717) is 0 Å². The summed E-state index contributed by atoms with van der Waals surface area (Å²) in [6.45, 7) is 9.82. The number of aliphatic hydroxyl groups is 1. The van der Waals surface area contributed by atoms with Gasteiger partial charge >= 0.3 is 18.2 Å². The van der Waals surface area contributed by atoms with Crippen molar-refractivity contribution in [2.24, 2.45) is 0 Å². The molecule has 9 nitrogen and oxygen atoms in total. The Kier molecular flexibility index (Phi) is 8.17. The molecule has 0 bridgehead atoms. The van der Waals surface area contributed by atoms with Gasteiger partial charge in [-0.25, -0.2) is 14.4 Å². The Morgan fingerprint density at radius 1 is 0.920 bits per heavy atom. The molecule has 0 aliphatic heterocycles. The highest BCUT2D eigenvalue weighted by atomic mass is 16.6. The summed E-state index contributed by atoms with van der Waals surface area (Å²) >= 11 is 0. The highest BCUT2D eigenvalue weighted by molar-refractivity contribution is 5.74. The second kappa shape index (κ2) is 8.89. The van der Waals surface area contributed by atoms with Crippen molar-refractivity contribution in [1.29, 1.82) is 0 Å². The predicted octanol–water partition coefficient (Wildman–Crippen LogP) is 1.54. The lowest BCUT2D eigenvalue weighted by atomic mass is 10.2. The van der Waals surface area contributed by atoms with Gasteiger partial charge < -0.3 is 29.5 Å². The molecule has 0 aromatic rings. The maximum Gasteiger partial charge on any atom is 0.410 e. The molecule has 9 heteroatoms. The van der Waals surface area contributed by atoms with Crippen LogP contribution in [0, 0.1) is 0 Å². The van der Waals surface area contributed by atoms with Gasteiger partial charge in [-0.3, -0.25) is 0 Å². The van der Waals surface area contributed by atoms with Crippen molar-refractivity contribution in [2.75, 3.05) is 26.7 Å². The number of aliphatic hydroxyl groups excluding tert-OH is 1. The molecule has 0 aliphatic rings. The zero-order valence-corrected chi connectivity index (χ0v) is 16.0. The first kappa shape index (κ1) is 23.0. The molecule has 0 aliphatic carbocycles. The van der Waals surface area contributed by atoms with E-state index < -0.39 is 42.0 Å². The van der Waals surface area contributed by atoms with E-state index >= 15 is 0 Å². The minimum atomic E-state index is -1.75. The molecule has 0 saturated heterocycles. The lowest BCUT2D eigenvalue weighted by Crippen LogP contribution is -2.47. The number of nitrogens with zero attached hydrogens (tertiary/aromatic N) is 2. The molecule has 0 unspecified atom stereocenters. The van der Waals surface area contributed by atoms with Gasteiger partial charge in [0.1, 0.15) is 11.2 Å². The van der Waals surface area contributed by atoms with Gasteiger partial charge in [0.15, 0.2) is 6.10 Å². The van der Waals surface area contributed by atoms with Crippen molar-refractivity contribution in [2.45, 2.75) is 58.8 Å². The summed E-state index contributed by atoms with van der Waals surface area (Å²) in [6.07, 6.45) is -3.10. The van der Waals surface area contributed by atoms with Crippen LogP contribution in [-0.2, 0) is 14.3 Å². The van der Waals surface area contributed by atoms with Gasteiger partial charge in [-0.1, -0.05) is 0 Å². The average Bonchev–Trinajstić information content (AvgIpc) is 2.38. The maximum absolute atomic E-state index is 12.2. The zero-order chi connectivity index (χ0) is 20.0. The first-order valence-electron chi connectivity index (χ1n) is 7.95. The summed E-state index contributed by atoms with van der Waals surface area (Å²) in [4.78, 5) is 37.3. The van der Waals surface area contributed by atoms with Crippen LogP contribution in [0.5, 0.6) is 0 Å². The second-order valence-electron chi connectivity index (χ2n) is 7.68. The normalized spacial score (nSPS) is 13.0. The molecule has 0 spiro atoms. The van der Waals surface area contributed by atoms with Gasteiger partial charge in [-0.2, -0.15) is 0 Å². The van der Waals surface area contributed by atoms with Crippen LogP contribution in [0.15, 0.2) is 0 Å². The van der Waals surface area contributed by atoms with Crippen molar-refractivity contribution in [1.82, 2.24) is 9.80 Å². The molecule has 0 heterocycles. The van der Waals surface area contributed by atoms with Crippen molar-refractivity contribution >= 4 is 18.2 Å². The molecule has 0 aromatic carbocycles. The van der Waals surface area contributed by atoms with Crippen LogP contribution in [0.25, 0.3) is 0 Å². The van der Waals surface area contributed by atoms with Crippen molar-refractivity contribution in [3.05, 3.63) is 0 Å². The predicted molar refractivity (Wildman–Crippen MR) is 90.3 cm³/mol. The van der Waals surface area contributed by atoms with Crippen LogP contribution in [0.2, 0.25) is 0 Å². The fraction of sp³-hybridized carbons (Fsp3) is 0.812. The van der Waals surface area contributed by atoms with E-state index in [0.717, 1.165) is 4.90 Å². The quantitative estimate of drug-likeness (QED) is 0.736. The van der Waals surface area contributed by atoms with E-state index in [1.165, 1.54) is 11.9 Å². The average molecular weight is 362 g/mol. The summed E-state index contributed by atoms with van der Waals surface area (Å²) in [5, 5.41) is 18.3. The third-order valence-corrected chi connectivity index (χ3v) is 2.74. The monoisotopic (exact) mass is 362 g/mol. The first-order valence-corrected chi connectivity index (χ1v) is 7.95. The Morgan fingerprint density at radius 2 is 1.36 bits per heavy atom. The number of ether oxygens (including phenoxy) is 2. The van der Waals surface area contributed by atoms with Crippen LogP contribution < -0.4 is 0 Å². The Labute approximate surface area is 148 Å². The number of carboxylic acids is 1. The van der Waals surface area contributed by atoms with Gasteiger partial charge in [0.2, 0.25) is 0 Å². The van der Waals surface area contributed by atoms with Crippen molar-refractivity contribution in [3.63, 3.8) is 0 Å². The molecular formula is C16H30N2O7. The van der Waals surface area contributed by atoms with Crippen LogP contribution in [0.3, 0.4) is 0 Å². The van der Waals surface area contributed by atoms with Crippen LogP contribution in [0.4, 0.5) is 9.59 Å². The lowest BCUT2D eigenvalue weighted by Gasteiger charge is -2.30. The molecule has 0 aromatic heterocycles. The summed E-state index contributed by atoms with van der Waals surface area (Å²) in [5.41, 5.74) is -1.43. The van der Waals surface area contributed by atoms with E-state index in [-0.39, 0.29) is 13.1 Å². The Morgan fingerprint density at radius 3 is 1.76 bits per heavy atom. The number of amides is 2. The van der Waals surface area contributed by atoms with E-state index in [9.17, 15) is 19.5 Å². The molecule has 146 valence electrons. The maximum atomic E-state index is 12.2. The number of hydrogen-bond donors (Lipinski definition) is 2. The number of rotatable bonds is 6. The molecule has 2 amide bonds. The van der Waals surface area contributed by atoms with Crippen LogP contribution in [-0.4, -0.2) is 82.2 Å². The number of likely N-dealkylation sites (N-methyl/N-ethyl adjacent to an activating group) is 1. The standard InChI is InChI=1S/C16H30N2O7/c1-15(2,3)24-13(22)17(7)8-9-18(10-11(19)12(20)21)14(23)25-16(4,5)6/h11,19H,8-10H2,1-7H3,(H,20,21)/t11-/m0/s1. The highest BCUT2D eigenvalue weighted by Gasteiger charge is 2.27. The molecule has 25 heavy (non-hydrogen) atoms. The van der Waals surface area contributed by atoms with Crippen LogP contribution >= 0.6 is 0 Å². The fourth-order valence-corrected chi connectivity index (χ4v) is 1.57. The topological polar surface area (TPSA) is 117 Å². The van der Waals surface area contributed by atoms with Gasteiger partial charge in [-0.15, -0.1) is 0 Å². The van der Waals surface area contributed by atoms with Gasteiger partial charge in [-0.05, 0) is 41.5 Å². The molecule has 1 atom stereocenters. The number of hydrogen-bond acceptors (Lipinski definition) is 6. The largest absolute Gasteiger partial charge is 0.479 e. The molecule has 0 fully saturated rings. The van der Waals surface area contributed by atoms with Gasteiger partial charge in [0.05, 0.1) is 6.54 Å². The number of carbonyl (C=O) groups is 3. The number of aliphatic carboxylic acids is 1. The Bertz CT molecular complexity index is 480. The Hall–Kier alpha value is -2.03. The summed E-state index contributed by atoms with van der Waals surface area (Å²) in [7, 11) is 1.50. The zero-order valence-electron chi connectivity index (χ0n) is 16.0. The van der Waals surface area contributed by atoms with Gasteiger partial charge in [0, 0.05) is 20.1 Å². The van der Waals surface area contributed by atoms with Gasteiger partial charge in [0.25, 0.3) is 0 Å². The number of carboxylic acid groups (broad SMARTS) is 1. The molecular weight excluding hydrogens is 332 g/mol. The third kappa shape index (κ3) is 10.4. The second-order valence-corrected chi connectivity index (χ2v) is 7.68. The summed E-state index contributed by atoms with van der Waals surface area (Å²) in [5.74, 6) is -1.45. The van der Waals surface area contributed by atoms with Crippen molar-refractivity contribution < 1.29 is 34.1 Å². The van der Waals surface area contributed by atoms with Crippen molar-refractivity contribution in [3.8, 4) is 0 Å². The molecule has 2 N–H and O–H groups in total. The SMILES string of the molecule is CN(CCN(C[C@H](O)C(=O)O)C(=O)OC(C)(C)C)C(=O)OC(C)(C)C. The minimum absolute atomic E-state index is 0.0189. The van der Waals surface area contributed by atoms with E-state index in [1.54, 1.807) is 41.5 Å². The van der Waals surface area contributed by atoms with E-state index in [4.69, 9.17) is 14.6 Å². The molecule has 0 saturated carbocycles. The third-order valence-electron chi connectivity index (χ3n) is 2.74. The fourth-order valence-electron chi connectivity index (χ4n) is 1.57. The summed E-state index contributed by atoms with van der Waals surface area (Å²) in [6, 6.07) is 0. The van der Waals surface area contributed by atoms with Crippen LogP contribution in [0.1, 0.15) is 41.5 Å². The first-order chi connectivity index (χ1) is 11.1. The molecule has 0 radical (unpaired) electrons. The highest BCUT2D eigenvalue weighted by Crippen LogP contribution is 2.12. The smallest absolute Gasteiger partial charge is 0.410 e. The minimum Gasteiger partial charge on any atom is -0.479 e. The van der Waals surface area contributed by atoms with E-state index in [2.05, 4.69) is 0 Å². The van der Waals surface area contributed by atoms with E-state index in [1.807, 2.05) is 0 Å². The number of carbonyl (C=O) groups excluding carboxylic acids is 2. The summed E-state index contributed by atoms with van der Waals surface area (Å²) < 4.78 is 10.4. The Balaban J connectivity index is 4.90. The molecule has 0 rings (SSSR count).